The lowest BCUT2D eigenvalue weighted by atomic mass is 9.97. The Morgan fingerprint density at radius 2 is 1.91 bits per heavy atom. The average Bonchev–Trinajstić information content (AvgIpc) is 3.27. The number of carbonyl (C=O) groups is 2. The van der Waals surface area contributed by atoms with Crippen LogP contribution in [0.2, 0.25) is 0 Å². The molecule has 2 atom stereocenters. The van der Waals surface area contributed by atoms with Gasteiger partial charge in [-0.2, -0.15) is 0 Å². The number of fused-ring (bicyclic) bond motifs is 4. The van der Waals surface area contributed by atoms with Crippen molar-refractivity contribution in [2.45, 2.75) is 51.7 Å². The summed E-state index contributed by atoms with van der Waals surface area (Å²) in [6.07, 6.45) is 1.52. The number of hydroxylamine groups is 1. The molecule has 0 spiro atoms. The van der Waals surface area contributed by atoms with Gasteiger partial charge in [-0.25, -0.2) is 10.4 Å². The van der Waals surface area contributed by atoms with Crippen LogP contribution in [0.3, 0.4) is 0 Å². The predicted molar refractivity (Wildman–Crippen MR) is 122 cm³/mol. The van der Waals surface area contributed by atoms with E-state index < -0.39 is 12.3 Å². The Bertz CT molecular complexity index is 1200. The van der Waals surface area contributed by atoms with E-state index in [1.165, 1.54) is 5.56 Å². The molecule has 2 aliphatic rings. The maximum absolute atomic E-state index is 13.1. The zero-order valence-electron chi connectivity index (χ0n) is 18.6. The first-order valence-electron chi connectivity index (χ1n) is 11.4. The quantitative estimate of drug-likeness (QED) is 0.398. The summed E-state index contributed by atoms with van der Waals surface area (Å²) >= 11 is 0. The Kier molecular flexibility index (Phi) is 5.65. The molecule has 0 radical (unpaired) electrons. The second kappa shape index (κ2) is 8.62. The molecule has 2 amide bonds. The highest BCUT2D eigenvalue weighted by Gasteiger charge is 2.48. The van der Waals surface area contributed by atoms with Gasteiger partial charge >= 0.3 is 0 Å². The molecule has 8 heteroatoms. The maximum Gasteiger partial charge on any atom is 0.274 e. The summed E-state index contributed by atoms with van der Waals surface area (Å²) in [6.45, 7) is 3.74. The molecule has 2 aliphatic heterocycles. The number of benzene rings is 2. The molecular weight excluding hydrogens is 420 g/mol. The first-order valence-corrected chi connectivity index (χ1v) is 11.4. The fraction of sp³-hybridized carbons (Fsp3) is 0.360. The van der Waals surface area contributed by atoms with Gasteiger partial charge in [-0.15, -0.1) is 0 Å². The summed E-state index contributed by atoms with van der Waals surface area (Å²) < 4.78 is 2.24. The van der Waals surface area contributed by atoms with E-state index >= 15 is 0 Å². The molecule has 0 aliphatic carbocycles. The van der Waals surface area contributed by atoms with Crippen LogP contribution in [0.5, 0.6) is 0 Å². The molecule has 1 saturated heterocycles. The highest BCUT2D eigenvalue weighted by Crippen LogP contribution is 2.37. The third kappa shape index (κ3) is 3.60. The third-order valence-electron chi connectivity index (χ3n) is 6.88. The SMILES string of the molecule is CCCCN1C(=O)C2Cc3c(n(Cc4ccc(C(=O)NO)cc4)c4ccccc34)CN2C1O. The van der Waals surface area contributed by atoms with E-state index in [4.69, 9.17) is 5.21 Å². The molecular formula is C25H28N4O4. The Morgan fingerprint density at radius 1 is 1.15 bits per heavy atom. The highest BCUT2D eigenvalue weighted by molar-refractivity contribution is 5.93. The van der Waals surface area contributed by atoms with Gasteiger partial charge in [0.1, 0.15) is 0 Å². The number of aromatic nitrogens is 1. The summed E-state index contributed by atoms with van der Waals surface area (Å²) in [7, 11) is 0. The van der Waals surface area contributed by atoms with Crippen molar-refractivity contribution >= 4 is 22.7 Å². The van der Waals surface area contributed by atoms with Crippen molar-refractivity contribution in [1.82, 2.24) is 19.8 Å². The molecule has 3 heterocycles. The molecule has 33 heavy (non-hydrogen) atoms. The Morgan fingerprint density at radius 3 is 2.64 bits per heavy atom. The van der Waals surface area contributed by atoms with Gasteiger partial charge in [0.15, 0.2) is 6.35 Å². The fourth-order valence-electron chi connectivity index (χ4n) is 5.13. The predicted octanol–water partition coefficient (Wildman–Crippen LogP) is 2.45. The molecule has 0 saturated carbocycles. The van der Waals surface area contributed by atoms with Crippen LogP contribution in [0, 0.1) is 0 Å². The van der Waals surface area contributed by atoms with Crippen LogP contribution in [-0.4, -0.2) is 55.4 Å². The second-order valence-electron chi connectivity index (χ2n) is 8.79. The van der Waals surface area contributed by atoms with Crippen molar-refractivity contribution < 1.29 is 19.9 Å². The van der Waals surface area contributed by atoms with Gasteiger partial charge < -0.3 is 14.6 Å². The van der Waals surface area contributed by atoms with Crippen molar-refractivity contribution in [1.29, 1.82) is 0 Å². The number of nitrogens with one attached hydrogen (secondary N) is 1. The lowest BCUT2D eigenvalue weighted by Gasteiger charge is -2.31. The molecule has 3 aromatic rings. The van der Waals surface area contributed by atoms with E-state index in [1.807, 2.05) is 29.2 Å². The molecule has 172 valence electrons. The number of aliphatic hydroxyl groups is 1. The molecule has 2 aromatic carbocycles. The Balaban J connectivity index is 1.50. The van der Waals surface area contributed by atoms with E-state index in [2.05, 4.69) is 23.6 Å². The molecule has 1 fully saturated rings. The van der Waals surface area contributed by atoms with Gasteiger partial charge in [-0.05, 0) is 42.2 Å². The number of hydrogen-bond donors (Lipinski definition) is 3. The molecule has 2 unspecified atom stereocenters. The van der Waals surface area contributed by atoms with Gasteiger partial charge in [0.2, 0.25) is 5.91 Å². The minimum absolute atomic E-state index is 0.0104. The van der Waals surface area contributed by atoms with Crippen LogP contribution < -0.4 is 5.48 Å². The summed E-state index contributed by atoms with van der Waals surface area (Å²) in [5.74, 6) is -0.534. The molecule has 0 bridgehead atoms. The molecule has 8 nitrogen and oxygen atoms in total. The Hall–Kier alpha value is -3.20. The fourth-order valence-corrected chi connectivity index (χ4v) is 5.13. The molecule has 1 aromatic heterocycles. The van der Waals surface area contributed by atoms with Gasteiger partial charge in [0.05, 0.1) is 6.04 Å². The van der Waals surface area contributed by atoms with Gasteiger partial charge in [0, 0.05) is 41.8 Å². The van der Waals surface area contributed by atoms with Crippen molar-refractivity contribution in [2.75, 3.05) is 6.54 Å². The molecule has 3 N–H and O–H groups in total. The van der Waals surface area contributed by atoms with E-state index in [-0.39, 0.29) is 11.9 Å². The maximum atomic E-state index is 13.1. The van der Waals surface area contributed by atoms with Crippen LogP contribution in [0.15, 0.2) is 48.5 Å². The number of carbonyl (C=O) groups excluding carboxylic acids is 2. The topological polar surface area (TPSA) is 98.0 Å². The number of para-hydroxylation sites is 1. The largest absolute Gasteiger partial charge is 0.361 e. The second-order valence-corrected chi connectivity index (χ2v) is 8.79. The van der Waals surface area contributed by atoms with E-state index in [0.29, 0.717) is 31.6 Å². The molecule has 5 rings (SSSR count). The summed E-state index contributed by atoms with van der Waals surface area (Å²) in [6, 6.07) is 15.0. The monoisotopic (exact) mass is 448 g/mol. The van der Waals surface area contributed by atoms with Crippen LogP contribution in [0.25, 0.3) is 10.9 Å². The number of hydrogen-bond acceptors (Lipinski definition) is 5. The lowest BCUT2D eigenvalue weighted by Crippen LogP contribution is -2.43. The highest BCUT2D eigenvalue weighted by atomic mass is 16.5. The minimum Gasteiger partial charge on any atom is -0.361 e. The lowest BCUT2D eigenvalue weighted by molar-refractivity contribution is -0.135. The number of aliphatic hydroxyl groups excluding tert-OH is 1. The third-order valence-corrected chi connectivity index (χ3v) is 6.88. The van der Waals surface area contributed by atoms with Gasteiger partial charge in [-0.3, -0.25) is 14.8 Å². The van der Waals surface area contributed by atoms with Crippen LogP contribution in [0.4, 0.5) is 0 Å². The van der Waals surface area contributed by atoms with E-state index in [9.17, 15) is 14.7 Å². The first kappa shape index (κ1) is 21.6. The summed E-state index contributed by atoms with van der Waals surface area (Å²) in [5, 5.41) is 20.9. The van der Waals surface area contributed by atoms with E-state index in [0.717, 1.165) is 35.0 Å². The van der Waals surface area contributed by atoms with Crippen LogP contribution in [0.1, 0.15) is 46.9 Å². The summed E-state index contributed by atoms with van der Waals surface area (Å²) in [4.78, 5) is 28.2. The number of unbranched alkanes of at least 4 members (excludes halogenated alkanes) is 1. The minimum atomic E-state index is -0.898. The zero-order chi connectivity index (χ0) is 23.1. The van der Waals surface area contributed by atoms with E-state index in [1.54, 1.807) is 22.5 Å². The smallest absolute Gasteiger partial charge is 0.274 e. The van der Waals surface area contributed by atoms with Crippen molar-refractivity contribution in [3.8, 4) is 0 Å². The van der Waals surface area contributed by atoms with Crippen molar-refractivity contribution in [3.63, 3.8) is 0 Å². The number of amides is 2. The number of nitrogens with zero attached hydrogens (tertiary/aromatic N) is 3. The standard InChI is InChI=1S/C25H28N4O4/c1-2-3-12-27-24(31)21-13-19-18-6-4-5-7-20(18)28(22(19)15-29(21)25(27)32)14-16-8-10-17(11-9-16)23(30)26-33/h4-11,21,25,32-33H,2-3,12-15H2,1H3,(H,26,30). The van der Waals surface area contributed by atoms with Crippen molar-refractivity contribution in [2.24, 2.45) is 0 Å². The number of rotatable bonds is 6. The summed E-state index contributed by atoms with van der Waals surface area (Å²) in [5.41, 5.74) is 6.41. The normalized spacial score (nSPS) is 20.2. The van der Waals surface area contributed by atoms with Gasteiger partial charge in [0.25, 0.3) is 5.91 Å². The first-order chi connectivity index (χ1) is 16.0. The zero-order valence-corrected chi connectivity index (χ0v) is 18.6. The average molecular weight is 449 g/mol. The van der Waals surface area contributed by atoms with Crippen LogP contribution in [-0.2, 0) is 24.3 Å². The van der Waals surface area contributed by atoms with Crippen molar-refractivity contribution in [3.05, 3.63) is 70.9 Å². The van der Waals surface area contributed by atoms with Crippen LogP contribution >= 0.6 is 0 Å². The van der Waals surface area contributed by atoms with Gasteiger partial charge in [-0.1, -0.05) is 43.7 Å². The Labute approximate surface area is 192 Å².